The van der Waals surface area contributed by atoms with Crippen molar-refractivity contribution in [1.82, 2.24) is 10.6 Å². The molecular weight excluding hydrogens is 687 g/mol. The number of carbonyl (C=O) groups excluding carboxylic acids is 2. The van der Waals surface area contributed by atoms with Gasteiger partial charge in [0.15, 0.2) is 16.4 Å². The van der Waals surface area contributed by atoms with Crippen molar-refractivity contribution < 1.29 is 32.6 Å². The Morgan fingerprint density at radius 1 is 0.941 bits per heavy atom. The minimum atomic E-state index is -3.80. The van der Waals surface area contributed by atoms with Gasteiger partial charge in [0.05, 0.1) is 21.2 Å². The van der Waals surface area contributed by atoms with Gasteiger partial charge in [0.25, 0.3) is 5.91 Å². The van der Waals surface area contributed by atoms with Crippen LogP contribution in [-0.2, 0) is 24.2 Å². The number of carboxylic acids is 1. The van der Waals surface area contributed by atoms with Crippen LogP contribution in [0.1, 0.15) is 77.8 Å². The van der Waals surface area contributed by atoms with Crippen molar-refractivity contribution in [2.75, 3.05) is 30.1 Å². The Hall–Kier alpha value is -4.03. The van der Waals surface area contributed by atoms with Crippen LogP contribution in [0.4, 0.5) is 11.4 Å². The van der Waals surface area contributed by atoms with E-state index in [9.17, 15) is 27.9 Å². The van der Waals surface area contributed by atoms with Crippen LogP contribution in [0.5, 0.6) is 5.75 Å². The second kappa shape index (κ2) is 17.9. The highest BCUT2D eigenvalue weighted by Crippen LogP contribution is 2.47. The van der Waals surface area contributed by atoms with Gasteiger partial charge < -0.3 is 25.4 Å². The molecule has 0 fully saturated rings. The van der Waals surface area contributed by atoms with Crippen molar-refractivity contribution >= 4 is 50.8 Å². The molecule has 3 aromatic rings. The first-order valence-electron chi connectivity index (χ1n) is 17.6. The van der Waals surface area contributed by atoms with E-state index in [0.717, 1.165) is 44.2 Å². The Morgan fingerprint density at radius 2 is 1.55 bits per heavy atom. The maximum Gasteiger partial charge on any atom is 0.326 e. The molecule has 2 atom stereocenters. The fourth-order valence-corrected chi connectivity index (χ4v) is 9.29. The largest absolute Gasteiger partial charge is 0.483 e. The lowest BCUT2D eigenvalue weighted by Gasteiger charge is -2.37. The number of unbranched alkanes of at least 4 members (excludes halogenated alkanes) is 2. The number of anilines is 2. The first-order valence-corrected chi connectivity index (χ1v) is 20.5. The minimum absolute atomic E-state index is 0.0104. The summed E-state index contributed by atoms with van der Waals surface area (Å²) in [5, 5.41) is 14.9. The molecular formula is C39H51N3O7S2. The number of carboxylic acid groups (broad SMARTS) is 1. The quantitative estimate of drug-likeness (QED) is 0.123. The molecule has 1 aliphatic rings. The summed E-state index contributed by atoms with van der Waals surface area (Å²) in [6.07, 6.45) is 7.23. The normalized spacial score (nSPS) is 16.0. The van der Waals surface area contributed by atoms with E-state index in [4.69, 9.17) is 4.74 Å². The Kier molecular flexibility index (Phi) is 14.0. The molecule has 51 heavy (non-hydrogen) atoms. The number of aliphatic carboxylic acids is 1. The zero-order valence-electron chi connectivity index (χ0n) is 30.2. The molecule has 2 amide bonds. The molecule has 1 aliphatic heterocycles. The van der Waals surface area contributed by atoms with Crippen LogP contribution in [0.15, 0.2) is 82.6 Å². The van der Waals surface area contributed by atoms with Crippen molar-refractivity contribution in [3.63, 3.8) is 0 Å². The number of hydrogen-bond donors (Lipinski definition) is 3. The molecule has 0 aromatic heterocycles. The highest BCUT2D eigenvalue weighted by Gasteiger charge is 2.42. The van der Waals surface area contributed by atoms with E-state index in [1.165, 1.54) is 17.8 Å². The average molecular weight is 738 g/mol. The Balaban J connectivity index is 1.68. The molecule has 3 aromatic carbocycles. The van der Waals surface area contributed by atoms with E-state index in [2.05, 4.69) is 29.4 Å². The van der Waals surface area contributed by atoms with E-state index >= 15 is 0 Å². The second-order valence-electron chi connectivity index (χ2n) is 13.6. The molecule has 0 bridgehead atoms. The molecule has 0 unspecified atom stereocenters. The molecule has 0 aliphatic carbocycles. The number of thioether (sulfide) groups is 1. The third-order valence-electron chi connectivity index (χ3n) is 9.34. The molecule has 3 N–H and O–H groups in total. The topological polar surface area (TPSA) is 142 Å². The van der Waals surface area contributed by atoms with E-state index < -0.39 is 57.6 Å². The van der Waals surface area contributed by atoms with Crippen LogP contribution in [0.25, 0.3) is 0 Å². The van der Waals surface area contributed by atoms with Crippen molar-refractivity contribution in [2.24, 2.45) is 11.3 Å². The number of carbonyl (C=O) groups is 3. The van der Waals surface area contributed by atoms with Gasteiger partial charge in [-0.3, -0.25) is 9.59 Å². The Morgan fingerprint density at radius 3 is 2.10 bits per heavy atom. The zero-order chi connectivity index (χ0) is 37.2. The third-order valence-corrected chi connectivity index (χ3v) is 12.1. The number of fused-ring (bicyclic) bond motifs is 1. The van der Waals surface area contributed by atoms with Crippen molar-refractivity contribution in [1.29, 1.82) is 0 Å². The lowest BCUT2D eigenvalue weighted by atomic mass is 9.79. The smallest absolute Gasteiger partial charge is 0.326 e. The van der Waals surface area contributed by atoms with Crippen LogP contribution >= 0.6 is 11.8 Å². The first-order chi connectivity index (χ1) is 24.3. The summed E-state index contributed by atoms with van der Waals surface area (Å²) in [6.45, 7) is 7.67. The predicted molar refractivity (Wildman–Crippen MR) is 202 cm³/mol. The van der Waals surface area contributed by atoms with E-state index in [1.54, 1.807) is 44.2 Å². The molecule has 0 spiro atoms. The number of ether oxygens (including phenoxy) is 1. The summed E-state index contributed by atoms with van der Waals surface area (Å²) in [7, 11) is -3.80. The number of para-hydroxylation sites is 1. The molecule has 12 heteroatoms. The number of hydrogen-bond acceptors (Lipinski definition) is 8. The maximum absolute atomic E-state index is 14.4. The predicted octanol–water partition coefficient (Wildman–Crippen LogP) is 7.16. The first kappa shape index (κ1) is 39.8. The molecule has 1 heterocycles. The lowest BCUT2D eigenvalue weighted by Crippen LogP contribution is -2.49. The van der Waals surface area contributed by atoms with Crippen LogP contribution in [0.2, 0.25) is 0 Å². The van der Waals surface area contributed by atoms with Gasteiger partial charge in [0.2, 0.25) is 5.91 Å². The summed E-state index contributed by atoms with van der Waals surface area (Å²) in [5.41, 5.74) is 1.49. The van der Waals surface area contributed by atoms with Crippen molar-refractivity contribution in [2.45, 2.75) is 88.1 Å². The minimum Gasteiger partial charge on any atom is -0.483 e. The monoisotopic (exact) mass is 737 g/mol. The SMILES string of the molecule is CCCCC1(CCCC)CN(c2ccccc2)c2cc(SC)c(OCC(=O)N[C@@H](C(=O)N[C@H](C(=O)O)C(C)C)c3ccccc3)cc2S(=O)(=O)C1. The van der Waals surface area contributed by atoms with Gasteiger partial charge in [0.1, 0.15) is 17.8 Å². The van der Waals surface area contributed by atoms with E-state index in [0.29, 0.717) is 22.7 Å². The standard InChI is InChI=1S/C39H51N3O7S2/c1-6-8-20-39(21-9-7-2)25-42(29-18-14-11-15-19-29)30-22-32(50-5)31(23-33(30)51(47,48)26-39)49-24-34(43)40-36(28-16-12-10-13-17-28)37(44)41-35(27(3)4)38(45)46/h10-19,22-23,27,35-36H,6-9,20-21,24-26H2,1-5H3,(H,40,43)(H,41,44)(H,45,46)/t35-,36+/m0/s1. The number of benzene rings is 3. The van der Waals surface area contributed by atoms with Crippen molar-refractivity contribution in [3.8, 4) is 5.75 Å². The van der Waals surface area contributed by atoms with E-state index in [-0.39, 0.29) is 16.4 Å². The average Bonchev–Trinajstić information content (AvgIpc) is 3.21. The van der Waals surface area contributed by atoms with Gasteiger partial charge in [-0.2, -0.15) is 0 Å². The number of nitrogens with zero attached hydrogens (tertiary/aromatic N) is 1. The van der Waals surface area contributed by atoms with E-state index in [1.807, 2.05) is 42.7 Å². The highest BCUT2D eigenvalue weighted by atomic mass is 32.2. The summed E-state index contributed by atoms with van der Waals surface area (Å²) in [4.78, 5) is 41.5. The maximum atomic E-state index is 14.4. The Labute approximate surface area is 306 Å². The van der Waals surface area contributed by atoms with Gasteiger partial charge >= 0.3 is 5.97 Å². The van der Waals surface area contributed by atoms with Gasteiger partial charge in [-0.15, -0.1) is 11.8 Å². The highest BCUT2D eigenvalue weighted by molar-refractivity contribution is 7.98. The van der Waals surface area contributed by atoms with Gasteiger partial charge in [-0.1, -0.05) is 102 Å². The summed E-state index contributed by atoms with van der Waals surface area (Å²) < 4.78 is 34.9. The van der Waals surface area contributed by atoms with Gasteiger partial charge in [-0.25, -0.2) is 13.2 Å². The molecule has 4 rings (SSSR count). The number of sulfone groups is 1. The zero-order valence-corrected chi connectivity index (χ0v) is 31.8. The van der Waals surface area contributed by atoms with Gasteiger partial charge in [-0.05, 0) is 48.8 Å². The van der Waals surface area contributed by atoms with Crippen LogP contribution in [0, 0.1) is 11.3 Å². The Bertz CT molecular complexity index is 1740. The third kappa shape index (κ3) is 10.1. The number of nitrogens with one attached hydrogen (secondary N) is 2. The fraction of sp³-hybridized carbons (Fsp3) is 0.462. The lowest BCUT2D eigenvalue weighted by molar-refractivity contribution is -0.143. The van der Waals surface area contributed by atoms with Gasteiger partial charge in [0, 0.05) is 23.7 Å². The molecule has 276 valence electrons. The summed E-state index contributed by atoms with van der Waals surface area (Å²) >= 11 is 1.38. The van der Waals surface area contributed by atoms with Crippen LogP contribution < -0.4 is 20.3 Å². The summed E-state index contributed by atoms with van der Waals surface area (Å²) in [6, 6.07) is 19.4. The fourth-order valence-electron chi connectivity index (χ4n) is 6.62. The molecule has 0 saturated carbocycles. The number of rotatable bonds is 17. The second-order valence-corrected chi connectivity index (χ2v) is 16.4. The van der Waals surface area contributed by atoms with Crippen molar-refractivity contribution in [3.05, 3.63) is 78.4 Å². The summed E-state index contributed by atoms with van der Waals surface area (Å²) in [5.74, 6) is -2.62. The molecule has 0 saturated heterocycles. The van der Waals surface area contributed by atoms with Crippen LogP contribution in [0.3, 0.4) is 0 Å². The van der Waals surface area contributed by atoms with Crippen LogP contribution in [-0.4, -0.2) is 62.5 Å². The molecule has 0 radical (unpaired) electrons. The number of amides is 2. The molecule has 10 nitrogen and oxygen atoms in total.